The minimum Gasteiger partial charge on any atom is -0.508 e. The summed E-state index contributed by atoms with van der Waals surface area (Å²) in [5.41, 5.74) is 2.74. The van der Waals surface area contributed by atoms with Gasteiger partial charge in [-0.2, -0.15) is 4.89 Å². The summed E-state index contributed by atoms with van der Waals surface area (Å²) in [6.45, 7) is 8.19. The molecular weight excluding hydrogens is 588 g/mol. The van der Waals surface area contributed by atoms with Crippen molar-refractivity contribution in [3.05, 3.63) is 112 Å². The maximum absolute atomic E-state index is 13.7. The maximum Gasteiger partial charge on any atom is 0.261 e. The van der Waals surface area contributed by atoms with Crippen molar-refractivity contribution in [3.8, 4) is 11.5 Å². The molecule has 6 rings (SSSR count). The smallest absolute Gasteiger partial charge is 0.261 e. The number of fused-ring (bicyclic) bond motifs is 1. The van der Waals surface area contributed by atoms with Gasteiger partial charge in [-0.25, -0.2) is 9.10 Å². The largest absolute Gasteiger partial charge is 0.508 e. The molecule has 2 aliphatic heterocycles. The summed E-state index contributed by atoms with van der Waals surface area (Å²) in [6, 6.07) is 19.5. The van der Waals surface area contributed by atoms with Crippen LogP contribution in [0.1, 0.15) is 80.4 Å². The molecule has 1 saturated heterocycles. The molecule has 3 aromatic carbocycles. The van der Waals surface area contributed by atoms with Gasteiger partial charge in [-0.15, -0.1) is 0 Å². The standard InChI is InChI=1S/C34H32O7S.C3H8/c1-22-9-8-18-33(22)34(38-3,41-40-33)30-19-26(36)16-14-24(30)15-17-27-20-29(28-11-5-6-12-31(28)39-27)23(2)42(37)32-13-7-4-10-25(32)21-35;1-3-2/h4-7,10-17,19-22,36H,8-9,18H2,1-3H3;3H2,1-2H3/b17-15+,29-23+;. The topological polar surface area (TPSA) is 91.3 Å². The Morgan fingerprint density at radius 1 is 1.04 bits per heavy atom. The first-order valence-corrected chi connectivity index (χ1v) is 16.5. The molecular formula is C37H40O7S. The molecule has 236 valence electrons. The Morgan fingerprint density at radius 2 is 1.78 bits per heavy atom. The highest BCUT2D eigenvalue weighted by molar-refractivity contribution is 7.89. The molecule has 1 saturated carbocycles. The van der Waals surface area contributed by atoms with Crippen molar-refractivity contribution in [1.82, 2.24) is 0 Å². The monoisotopic (exact) mass is 628 g/mol. The number of methoxy groups -OCH3 is 1. The van der Waals surface area contributed by atoms with Crippen LogP contribution in [-0.4, -0.2) is 28.3 Å². The molecule has 4 unspecified atom stereocenters. The molecule has 1 spiro atoms. The Balaban J connectivity index is 0.00000128. The Morgan fingerprint density at radius 3 is 2.44 bits per heavy atom. The number of benzene rings is 3. The summed E-state index contributed by atoms with van der Waals surface area (Å²) in [5, 5.41) is 10.4. The zero-order valence-electron chi connectivity index (χ0n) is 26.4. The van der Waals surface area contributed by atoms with E-state index in [0.29, 0.717) is 32.4 Å². The number of allylic oxidation sites excluding steroid dienone is 4. The average molecular weight is 629 g/mol. The Hall–Kier alpha value is -3.82. The number of aldehydes is 1. The van der Waals surface area contributed by atoms with Gasteiger partial charge in [-0.3, -0.25) is 4.79 Å². The van der Waals surface area contributed by atoms with Gasteiger partial charge in [-0.1, -0.05) is 75.7 Å². The van der Waals surface area contributed by atoms with Gasteiger partial charge in [0, 0.05) is 34.3 Å². The van der Waals surface area contributed by atoms with Gasteiger partial charge in [0.05, 0.1) is 15.7 Å². The van der Waals surface area contributed by atoms with Gasteiger partial charge < -0.3 is 14.6 Å². The van der Waals surface area contributed by atoms with Crippen molar-refractivity contribution >= 4 is 28.7 Å². The average Bonchev–Trinajstić information content (AvgIpc) is 3.47. The van der Waals surface area contributed by atoms with Crippen LogP contribution >= 0.6 is 0 Å². The fourth-order valence-corrected chi connectivity index (χ4v) is 7.49. The Labute approximate surface area is 267 Å². The normalized spacial score (nSPS) is 25.4. The lowest BCUT2D eigenvalue weighted by Gasteiger charge is -2.55. The number of carbonyl (C=O) groups excluding carboxylic acids is 1. The van der Waals surface area contributed by atoms with E-state index in [2.05, 4.69) is 20.8 Å². The molecule has 45 heavy (non-hydrogen) atoms. The van der Waals surface area contributed by atoms with Gasteiger partial charge in [0.25, 0.3) is 5.79 Å². The first-order valence-electron chi connectivity index (χ1n) is 15.3. The molecule has 1 aliphatic carbocycles. The second-order valence-corrected chi connectivity index (χ2v) is 13.1. The third-order valence-electron chi connectivity index (χ3n) is 8.55. The van der Waals surface area contributed by atoms with E-state index in [4.69, 9.17) is 19.2 Å². The van der Waals surface area contributed by atoms with E-state index in [1.807, 2.05) is 55.5 Å². The predicted molar refractivity (Wildman–Crippen MR) is 176 cm³/mol. The van der Waals surface area contributed by atoms with E-state index >= 15 is 0 Å². The van der Waals surface area contributed by atoms with Crippen molar-refractivity contribution in [2.75, 3.05) is 7.11 Å². The number of ether oxygens (including phenoxy) is 2. The molecule has 2 heterocycles. The van der Waals surface area contributed by atoms with Crippen LogP contribution in [0.15, 0.2) is 94.4 Å². The molecule has 2 fully saturated rings. The summed E-state index contributed by atoms with van der Waals surface area (Å²) in [7, 11) is 0.0251. The first kappa shape index (κ1) is 32.6. The molecule has 0 amide bonds. The molecule has 1 N–H and O–H groups in total. The lowest BCUT2D eigenvalue weighted by Crippen LogP contribution is -2.67. The molecule has 0 aromatic heterocycles. The summed E-state index contributed by atoms with van der Waals surface area (Å²) < 4.78 is 25.9. The predicted octanol–water partition coefficient (Wildman–Crippen LogP) is 8.47. The second kappa shape index (κ2) is 13.7. The van der Waals surface area contributed by atoms with Crippen LogP contribution in [-0.2, 0) is 31.1 Å². The fraction of sp³-hybridized carbons (Fsp3) is 0.324. The SMILES string of the molecule is CCC.COC1(c2cc(O)ccc2/C=C/C2=C/C(=C(/C)S(=O)c3ccccc3C=O)c3ccccc3O2)OOC12CCCC2C. The highest BCUT2D eigenvalue weighted by Gasteiger charge is 2.70. The van der Waals surface area contributed by atoms with Gasteiger partial charge in [0.1, 0.15) is 17.3 Å². The maximum atomic E-state index is 13.7. The number of hydrogen-bond donors (Lipinski definition) is 1. The third kappa shape index (κ3) is 5.84. The summed E-state index contributed by atoms with van der Waals surface area (Å²) in [5.74, 6) is 0.288. The van der Waals surface area contributed by atoms with Gasteiger partial charge in [-0.05, 0) is 74.1 Å². The van der Waals surface area contributed by atoms with E-state index in [-0.39, 0.29) is 11.7 Å². The number of aromatic hydroxyl groups is 1. The van der Waals surface area contributed by atoms with Gasteiger partial charge >= 0.3 is 0 Å². The van der Waals surface area contributed by atoms with Crippen LogP contribution in [0.3, 0.4) is 0 Å². The van der Waals surface area contributed by atoms with Crippen LogP contribution in [0.5, 0.6) is 11.5 Å². The van der Waals surface area contributed by atoms with Crippen molar-refractivity contribution in [1.29, 1.82) is 0 Å². The zero-order valence-corrected chi connectivity index (χ0v) is 27.2. The second-order valence-electron chi connectivity index (χ2n) is 11.5. The molecule has 7 nitrogen and oxygen atoms in total. The minimum atomic E-state index is -1.57. The molecule has 8 heteroatoms. The van der Waals surface area contributed by atoms with E-state index < -0.39 is 22.2 Å². The van der Waals surface area contributed by atoms with E-state index in [1.54, 1.807) is 43.5 Å². The zero-order chi connectivity index (χ0) is 32.2. The lowest BCUT2D eigenvalue weighted by atomic mass is 9.76. The molecule has 3 aliphatic rings. The van der Waals surface area contributed by atoms with E-state index in [1.165, 1.54) is 6.42 Å². The van der Waals surface area contributed by atoms with Gasteiger partial charge in [0.2, 0.25) is 0 Å². The number of hydrogen-bond acceptors (Lipinski definition) is 7. The number of rotatable bonds is 7. The Kier molecular flexibility index (Phi) is 9.89. The summed E-state index contributed by atoms with van der Waals surface area (Å²) >= 11 is 0. The summed E-state index contributed by atoms with van der Waals surface area (Å²) in [6.07, 6.45) is 10.3. The molecule has 4 atom stereocenters. The summed E-state index contributed by atoms with van der Waals surface area (Å²) in [4.78, 5) is 24.2. The van der Waals surface area contributed by atoms with Crippen molar-refractivity contribution in [2.45, 2.75) is 69.7 Å². The quantitative estimate of drug-likeness (QED) is 0.207. The first-order chi connectivity index (χ1) is 21.7. The molecule has 0 radical (unpaired) electrons. The van der Waals surface area contributed by atoms with Crippen LogP contribution in [0.2, 0.25) is 0 Å². The fourth-order valence-electron chi connectivity index (χ4n) is 6.26. The highest BCUT2D eigenvalue weighted by Crippen LogP contribution is 2.60. The van der Waals surface area contributed by atoms with E-state index in [0.717, 1.165) is 42.2 Å². The lowest BCUT2D eigenvalue weighted by molar-refractivity contribution is -0.624. The highest BCUT2D eigenvalue weighted by atomic mass is 32.2. The van der Waals surface area contributed by atoms with Crippen LogP contribution in [0.4, 0.5) is 0 Å². The van der Waals surface area contributed by atoms with Crippen LogP contribution < -0.4 is 4.74 Å². The number of para-hydroxylation sites is 1. The van der Waals surface area contributed by atoms with Crippen molar-refractivity contribution < 1.29 is 33.4 Å². The van der Waals surface area contributed by atoms with Crippen LogP contribution in [0.25, 0.3) is 11.6 Å². The van der Waals surface area contributed by atoms with Gasteiger partial charge in [0.15, 0.2) is 11.9 Å². The molecule has 0 bridgehead atoms. The van der Waals surface area contributed by atoms with Crippen molar-refractivity contribution in [2.24, 2.45) is 5.92 Å². The van der Waals surface area contributed by atoms with E-state index in [9.17, 15) is 14.1 Å². The van der Waals surface area contributed by atoms with Crippen LogP contribution in [0, 0.1) is 5.92 Å². The van der Waals surface area contributed by atoms with Crippen molar-refractivity contribution in [3.63, 3.8) is 0 Å². The molecule has 3 aromatic rings. The number of carbonyl (C=O) groups is 1. The third-order valence-corrected chi connectivity index (χ3v) is 10.1. The number of phenolic OH excluding ortho intramolecular Hbond substituents is 1. The Bertz CT molecular complexity index is 1690. The number of phenols is 1. The minimum absolute atomic E-state index is 0.0934.